The molecule has 2 aromatic rings. The summed E-state index contributed by atoms with van der Waals surface area (Å²) < 4.78 is 5.24. The number of benzene rings is 2. The van der Waals surface area contributed by atoms with Gasteiger partial charge >= 0.3 is 0 Å². The zero-order valence-electron chi connectivity index (χ0n) is 14.5. The molecule has 0 heterocycles. The van der Waals surface area contributed by atoms with E-state index in [2.05, 4.69) is 50.2 Å². The van der Waals surface area contributed by atoms with Gasteiger partial charge in [0.1, 0.15) is 12.3 Å². The zero-order valence-corrected chi connectivity index (χ0v) is 15.3. The number of quaternary nitrogens is 1. The number of hydrogen-bond donors (Lipinski definition) is 1. The Morgan fingerprint density at radius 3 is 2.17 bits per heavy atom. The van der Waals surface area contributed by atoms with Crippen LogP contribution in [0.4, 0.5) is 0 Å². The molecule has 0 saturated heterocycles. The molecule has 1 N–H and O–H groups in total. The monoisotopic (exact) mass is 330 g/mol. The Hall–Kier alpha value is -1.45. The van der Waals surface area contributed by atoms with E-state index >= 15 is 0 Å². The van der Waals surface area contributed by atoms with Crippen LogP contribution in [0.5, 0.6) is 5.75 Å². The van der Waals surface area contributed by atoms with Gasteiger partial charge in [-0.3, -0.25) is 0 Å². The van der Waals surface area contributed by atoms with Crippen LogP contribution in [0.2, 0.25) is 0 Å². The Kier molecular flexibility index (Phi) is 7.50. The fourth-order valence-electron chi connectivity index (χ4n) is 2.80. The van der Waals surface area contributed by atoms with Crippen molar-refractivity contribution < 1.29 is 9.64 Å². The number of ether oxygens (including phenoxy) is 1. The fourth-order valence-corrected chi connectivity index (χ4v) is 3.74. The predicted molar refractivity (Wildman–Crippen MR) is 98.5 cm³/mol. The molecule has 0 fully saturated rings. The summed E-state index contributed by atoms with van der Waals surface area (Å²) >= 11 is 1.84. The second kappa shape index (κ2) is 9.64. The van der Waals surface area contributed by atoms with E-state index in [4.69, 9.17) is 4.74 Å². The van der Waals surface area contributed by atoms with Gasteiger partial charge in [-0.15, -0.1) is 0 Å². The lowest BCUT2D eigenvalue weighted by molar-refractivity contribution is -0.914. The number of nitrogens with one attached hydrogen (secondary N) is 1. The van der Waals surface area contributed by atoms with Crippen molar-refractivity contribution in [3.05, 3.63) is 54.1 Å². The molecule has 0 aliphatic rings. The van der Waals surface area contributed by atoms with E-state index in [-0.39, 0.29) is 0 Å². The van der Waals surface area contributed by atoms with E-state index in [9.17, 15) is 0 Å². The second-order valence-corrected chi connectivity index (χ2v) is 6.93. The minimum atomic E-state index is 0.907. The van der Waals surface area contributed by atoms with Crippen molar-refractivity contribution in [2.24, 2.45) is 0 Å². The van der Waals surface area contributed by atoms with Gasteiger partial charge in [0, 0.05) is 15.4 Å². The van der Waals surface area contributed by atoms with Crippen molar-refractivity contribution in [2.45, 2.75) is 43.0 Å². The van der Waals surface area contributed by atoms with Crippen LogP contribution in [0.25, 0.3) is 0 Å². The standard InChI is InChI=1S/C20H27NOS/c1-4-14-21(15-5-2)16-17-8-6-7-9-20(17)23-19-12-10-18(22-3)11-13-19/h6-13H,4-5,14-16H2,1-3H3/p+1. The summed E-state index contributed by atoms with van der Waals surface area (Å²) in [6.07, 6.45) is 2.48. The lowest BCUT2D eigenvalue weighted by atomic mass is 10.2. The van der Waals surface area contributed by atoms with Crippen LogP contribution < -0.4 is 9.64 Å². The molecule has 124 valence electrons. The Balaban J connectivity index is 2.12. The normalized spacial score (nSPS) is 11.0. The highest BCUT2D eigenvalue weighted by Crippen LogP contribution is 2.31. The molecule has 0 aromatic heterocycles. The lowest BCUT2D eigenvalue weighted by Crippen LogP contribution is -3.10. The molecule has 0 atom stereocenters. The third kappa shape index (κ3) is 5.60. The molecule has 2 aromatic carbocycles. The minimum absolute atomic E-state index is 0.907. The topological polar surface area (TPSA) is 13.7 Å². The molecule has 0 radical (unpaired) electrons. The Labute approximate surface area is 144 Å². The highest BCUT2D eigenvalue weighted by atomic mass is 32.2. The molecule has 3 heteroatoms. The third-order valence-corrected chi connectivity index (χ3v) is 5.03. The first kappa shape index (κ1) is 17.9. The number of methoxy groups -OCH3 is 1. The number of hydrogen-bond acceptors (Lipinski definition) is 2. The molecular formula is C20H28NOS+. The summed E-state index contributed by atoms with van der Waals surface area (Å²) in [6, 6.07) is 17.1. The summed E-state index contributed by atoms with van der Waals surface area (Å²) in [5.74, 6) is 0.907. The smallest absolute Gasteiger partial charge is 0.118 e. The molecule has 23 heavy (non-hydrogen) atoms. The van der Waals surface area contributed by atoms with Gasteiger partial charge in [0.05, 0.1) is 20.2 Å². The predicted octanol–water partition coefficient (Wildman–Crippen LogP) is 4.05. The third-order valence-electron chi connectivity index (χ3n) is 3.91. The summed E-state index contributed by atoms with van der Waals surface area (Å²) in [4.78, 5) is 4.30. The minimum Gasteiger partial charge on any atom is -0.497 e. The molecule has 0 aliphatic carbocycles. The first-order chi connectivity index (χ1) is 11.3. The average molecular weight is 331 g/mol. The number of rotatable bonds is 9. The molecule has 0 spiro atoms. The first-order valence-corrected chi connectivity index (χ1v) is 9.31. The van der Waals surface area contributed by atoms with Crippen molar-refractivity contribution in [2.75, 3.05) is 20.2 Å². The van der Waals surface area contributed by atoms with Gasteiger partial charge in [-0.25, -0.2) is 0 Å². The summed E-state index contributed by atoms with van der Waals surface area (Å²) in [5, 5.41) is 0. The van der Waals surface area contributed by atoms with Gasteiger partial charge in [0.2, 0.25) is 0 Å². The molecule has 0 unspecified atom stereocenters. The highest BCUT2D eigenvalue weighted by molar-refractivity contribution is 7.99. The van der Waals surface area contributed by atoms with E-state index in [1.807, 2.05) is 23.9 Å². The van der Waals surface area contributed by atoms with Gasteiger partial charge in [-0.05, 0) is 43.2 Å². The quantitative estimate of drug-likeness (QED) is 0.745. The maximum absolute atomic E-state index is 5.24. The molecule has 0 saturated carbocycles. The van der Waals surface area contributed by atoms with Crippen LogP contribution in [0.15, 0.2) is 58.3 Å². The molecule has 2 rings (SSSR count). The second-order valence-electron chi connectivity index (χ2n) is 5.81. The van der Waals surface area contributed by atoms with Crippen LogP contribution >= 0.6 is 11.8 Å². The first-order valence-electron chi connectivity index (χ1n) is 8.50. The lowest BCUT2D eigenvalue weighted by Gasteiger charge is -2.19. The van der Waals surface area contributed by atoms with Crippen LogP contribution in [-0.2, 0) is 6.54 Å². The van der Waals surface area contributed by atoms with Gasteiger partial charge in [-0.1, -0.05) is 43.8 Å². The Morgan fingerprint density at radius 2 is 1.57 bits per heavy atom. The maximum Gasteiger partial charge on any atom is 0.118 e. The SMILES string of the molecule is CCC[NH+](CCC)Cc1ccccc1Sc1ccc(OC)cc1. The molecule has 0 bridgehead atoms. The van der Waals surface area contributed by atoms with Gasteiger partial charge in [0.15, 0.2) is 0 Å². The van der Waals surface area contributed by atoms with E-state index in [0.29, 0.717) is 0 Å². The summed E-state index contributed by atoms with van der Waals surface area (Å²) in [6.45, 7) is 8.15. The van der Waals surface area contributed by atoms with Crippen LogP contribution in [0, 0.1) is 0 Å². The molecule has 0 amide bonds. The zero-order chi connectivity index (χ0) is 16.5. The van der Waals surface area contributed by atoms with Gasteiger partial charge in [0.25, 0.3) is 0 Å². The maximum atomic E-state index is 5.24. The Morgan fingerprint density at radius 1 is 0.913 bits per heavy atom. The van der Waals surface area contributed by atoms with Crippen LogP contribution in [0.1, 0.15) is 32.3 Å². The van der Waals surface area contributed by atoms with Crippen LogP contribution in [-0.4, -0.2) is 20.2 Å². The van der Waals surface area contributed by atoms with Crippen molar-refractivity contribution >= 4 is 11.8 Å². The van der Waals surface area contributed by atoms with E-state index in [1.165, 1.54) is 41.3 Å². The summed E-state index contributed by atoms with van der Waals surface area (Å²) in [5.41, 5.74) is 1.45. The Bertz CT molecular complexity index is 576. The van der Waals surface area contributed by atoms with Crippen molar-refractivity contribution in [3.8, 4) is 5.75 Å². The molecule has 0 aliphatic heterocycles. The van der Waals surface area contributed by atoms with Crippen molar-refractivity contribution in [3.63, 3.8) is 0 Å². The molecule has 2 nitrogen and oxygen atoms in total. The molecular weight excluding hydrogens is 302 g/mol. The van der Waals surface area contributed by atoms with E-state index in [1.54, 1.807) is 12.0 Å². The van der Waals surface area contributed by atoms with E-state index < -0.39 is 0 Å². The van der Waals surface area contributed by atoms with Gasteiger partial charge < -0.3 is 9.64 Å². The van der Waals surface area contributed by atoms with Gasteiger partial charge in [-0.2, -0.15) is 0 Å². The average Bonchev–Trinajstić information content (AvgIpc) is 2.58. The van der Waals surface area contributed by atoms with Crippen molar-refractivity contribution in [1.82, 2.24) is 0 Å². The fraction of sp³-hybridized carbons (Fsp3) is 0.400. The summed E-state index contributed by atoms with van der Waals surface area (Å²) in [7, 11) is 1.70. The van der Waals surface area contributed by atoms with E-state index in [0.717, 1.165) is 12.3 Å². The largest absolute Gasteiger partial charge is 0.497 e. The highest BCUT2D eigenvalue weighted by Gasteiger charge is 2.11. The van der Waals surface area contributed by atoms with Crippen LogP contribution in [0.3, 0.4) is 0 Å². The van der Waals surface area contributed by atoms with Crippen molar-refractivity contribution in [1.29, 1.82) is 0 Å².